The molecule has 0 saturated heterocycles. The predicted octanol–water partition coefficient (Wildman–Crippen LogP) is 2.19. The second kappa shape index (κ2) is 5.17. The van der Waals surface area contributed by atoms with Crippen molar-refractivity contribution in [3.8, 4) is 0 Å². The maximum atomic E-state index is 13.0. The van der Waals surface area contributed by atoms with Crippen LogP contribution in [0.4, 0.5) is 8.78 Å². The summed E-state index contributed by atoms with van der Waals surface area (Å²) in [6.07, 6.45) is 3.36. The summed E-state index contributed by atoms with van der Waals surface area (Å²) in [5.41, 5.74) is -0.0569. The average Bonchev–Trinajstić information content (AvgIpc) is 2.74. The van der Waals surface area contributed by atoms with Crippen LogP contribution in [0.5, 0.6) is 0 Å². The number of carbonyl (C=O) groups excluding carboxylic acids is 1. The number of imidazole rings is 1. The van der Waals surface area contributed by atoms with Gasteiger partial charge >= 0.3 is 0 Å². The highest BCUT2D eigenvalue weighted by atomic mass is 19.1. The van der Waals surface area contributed by atoms with Gasteiger partial charge in [-0.05, 0) is 19.1 Å². The molecule has 1 heterocycles. The van der Waals surface area contributed by atoms with E-state index in [9.17, 15) is 13.6 Å². The molecule has 0 bridgehead atoms. The van der Waals surface area contributed by atoms with Crippen LogP contribution in [-0.4, -0.2) is 15.5 Å². The molecule has 6 heteroatoms. The molecule has 2 rings (SSSR count). The standard InChI is InChI=1S/C13H13F2N3O/c1-8(12-16-3-4-18(12)2)17-13(19)9-5-10(14)7-11(15)6-9/h3-8H,1-2H3,(H,17,19). The van der Waals surface area contributed by atoms with Crippen molar-refractivity contribution < 1.29 is 13.6 Å². The summed E-state index contributed by atoms with van der Waals surface area (Å²) in [7, 11) is 1.80. The molecule has 2 aromatic rings. The van der Waals surface area contributed by atoms with Crippen molar-refractivity contribution in [2.45, 2.75) is 13.0 Å². The van der Waals surface area contributed by atoms with Crippen molar-refractivity contribution in [1.82, 2.24) is 14.9 Å². The quantitative estimate of drug-likeness (QED) is 0.924. The topological polar surface area (TPSA) is 46.9 Å². The first-order valence-corrected chi connectivity index (χ1v) is 5.71. The number of carbonyl (C=O) groups is 1. The lowest BCUT2D eigenvalue weighted by Gasteiger charge is -2.13. The molecular formula is C13H13F2N3O. The van der Waals surface area contributed by atoms with Crippen LogP contribution in [0, 0.1) is 11.6 Å². The van der Waals surface area contributed by atoms with Gasteiger partial charge in [0.1, 0.15) is 17.5 Å². The van der Waals surface area contributed by atoms with Gasteiger partial charge in [-0.3, -0.25) is 4.79 Å². The Morgan fingerprint density at radius 1 is 1.32 bits per heavy atom. The smallest absolute Gasteiger partial charge is 0.252 e. The fourth-order valence-corrected chi connectivity index (χ4v) is 1.82. The molecule has 100 valence electrons. The van der Waals surface area contributed by atoms with Crippen LogP contribution < -0.4 is 5.32 Å². The van der Waals surface area contributed by atoms with Gasteiger partial charge in [0.05, 0.1) is 6.04 Å². The van der Waals surface area contributed by atoms with Crippen LogP contribution in [0.25, 0.3) is 0 Å². The Morgan fingerprint density at radius 3 is 2.47 bits per heavy atom. The number of rotatable bonds is 3. The Balaban J connectivity index is 2.15. The number of hydrogen-bond donors (Lipinski definition) is 1. The minimum absolute atomic E-state index is 0.0569. The fraction of sp³-hybridized carbons (Fsp3) is 0.231. The van der Waals surface area contributed by atoms with Crippen LogP contribution in [0.1, 0.15) is 29.1 Å². The molecule has 19 heavy (non-hydrogen) atoms. The van der Waals surface area contributed by atoms with E-state index in [0.29, 0.717) is 5.82 Å². The van der Waals surface area contributed by atoms with Gasteiger partial charge < -0.3 is 9.88 Å². The zero-order valence-electron chi connectivity index (χ0n) is 10.5. The molecule has 1 amide bonds. The maximum Gasteiger partial charge on any atom is 0.252 e. The summed E-state index contributed by atoms with van der Waals surface area (Å²) in [4.78, 5) is 16.0. The molecule has 1 aromatic heterocycles. The molecule has 1 atom stereocenters. The van der Waals surface area contributed by atoms with Gasteiger partial charge in [0, 0.05) is 31.1 Å². The molecule has 1 N–H and O–H groups in total. The molecule has 4 nitrogen and oxygen atoms in total. The minimum Gasteiger partial charge on any atom is -0.342 e. The fourth-order valence-electron chi connectivity index (χ4n) is 1.82. The van der Waals surface area contributed by atoms with Gasteiger partial charge in [0.25, 0.3) is 5.91 Å². The second-order valence-electron chi connectivity index (χ2n) is 4.25. The number of nitrogens with one attached hydrogen (secondary N) is 1. The third-order valence-electron chi connectivity index (χ3n) is 2.72. The molecule has 0 fully saturated rings. The van der Waals surface area contributed by atoms with Crippen LogP contribution in [0.2, 0.25) is 0 Å². The van der Waals surface area contributed by atoms with E-state index >= 15 is 0 Å². The molecule has 1 aromatic carbocycles. The first-order valence-electron chi connectivity index (χ1n) is 5.71. The monoisotopic (exact) mass is 265 g/mol. The highest BCUT2D eigenvalue weighted by molar-refractivity contribution is 5.94. The van der Waals surface area contributed by atoms with E-state index in [1.165, 1.54) is 0 Å². The molecule has 0 aliphatic heterocycles. The summed E-state index contributed by atoms with van der Waals surface area (Å²) in [5.74, 6) is -1.45. The molecule has 0 saturated carbocycles. The second-order valence-corrected chi connectivity index (χ2v) is 4.25. The Hall–Kier alpha value is -2.24. The number of hydrogen-bond acceptors (Lipinski definition) is 2. The van der Waals surface area contributed by atoms with E-state index in [-0.39, 0.29) is 11.6 Å². The third kappa shape index (κ3) is 2.96. The lowest BCUT2D eigenvalue weighted by Crippen LogP contribution is -2.28. The molecular weight excluding hydrogens is 252 g/mol. The summed E-state index contributed by atoms with van der Waals surface area (Å²) in [6.45, 7) is 1.75. The highest BCUT2D eigenvalue weighted by Gasteiger charge is 2.15. The van der Waals surface area contributed by atoms with Gasteiger partial charge in [0.15, 0.2) is 0 Å². The van der Waals surface area contributed by atoms with Gasteiger partial charge in [0.2, 0.25) is 0 Å². The minimum atomic E-state index is -0.783. The number of aromatic nitrogens is 2. The lowest BCUT2D eigenvalue weighted by molar-refractivity contribution is 0.0937. The third-order valence-corrected chi connectivity index (χ3v) is 2.72. The van der Waals surface area contributed by atoms with Crippen molar-refractivity contribution in [2.24, 2.45) is 7.05 Å². The zero-order chi connectivity index (χ0) is 14.0. The Bertz CT molecular complexity index is 589. The predicted molar refractivity (Wildman–Crippen MR) is 65.4 cm³/mol. The van der Waals surface area contributed by atoms with E-state index in [0.717, 1.165) is 18.2 Å². The van der Waals surface area contributed by atoms with Gasteiger partial charge in [-0.2, -0.15) is 0 Å². The first kappa shape index (κ1) is 13.2. The molecule has 1 unspecified atom stereocenters. The van der Waals surface area contributed by atoms with E-state index in [2.05, 4.69) is 10.3 Å². The Kier molecular flexibility index (Phi) is 3.59. The van der Waals surface area contributed by atoms with Crippen molar-refractivity contribution >= 4 is 5.91 Å². The molecule has 0 radical (unpaired) electrons. The molecule has 0 spiro atoms. The van der Waals surface area contributed by atoms with E-state index in [4.69, 9.17) is 0 Å². The van der Waals surface area contributed by atoms with Gasteiger partial charge in [-0.15, -0.1) is 0 Å². The summed E-state index contributed by atoms with van der Waals surface area (Å²) >= 11 is 0. The van der Waals surface area contributed by atoms with Crippen LogP contribution in [-0.2, 0) is 7.05 Å². The summed E-state index contributed by atoms with van der Waals surface area (Å²) in [5, 5.41) is 2.64. The number of amides is 1. The number of halogens is 2. The SMILES string of the molecule is CC(NC(=O)c1cc(F)cc(F)c1)c1nccn1C. The van der Waals surface area contributed by atoms with Crippen molar-refractivity contribution in [2.75, 3.05) is 0 Å². The normalized spacial score (nSPS) is 12.2. The lowest BCUT2D eigenvalue weighted by atomic mass is 10.2. The maximum absolute atomic E-state index is 13.0. The largest absolute Gasteiger partial charge is 0.342 e. The summed E-state index contributed by atoms with van der Waals surface area (Å²) < 4.78 is 27.8. The Labute approximate surface area is 109 Å². The first-order chi connectivity index (χ1) is 8.97. The molecule has 0 aliphatic rings. The Morgan fingerprint density at radius 2 is 1.95 bits per heavy atom. The average molecular weight is 265 g/mol. The van der Waals surface area contributed by atoms with Crippen LogP contribution in [0.3, 0.4) is 0 Å². The molecule has 0 aliphatic carbocycles. The van der Waals surface area contributed by atoms with Gasteiger partial charge in [-0.1, -0.05) is 0 Å². The van der Waals surface area contributed by atoms with E-state index < -0.39 is 17.5 Å². The summed E-state index contributed by atoms with van der Waals surface area (Å²) in [6, 6.07) is 2.34. The van der Waals surface area contributed by atoms with Crippen molar-refractivity contribution in [1.29, 1.82) is 0 Å². The van der Waals surface area contributed by atoms with Crippen molar-refractivity contribution in [3.63, 3.8) is 0 Å². The number of nitrogens with zero attached hydrogens (tertiary/aromatic N) is 2. The highest BCUT2D eigenvalue weighted by Crippen LogP contribution is 2.12. The number of benzene rings is 1. The van der Waals surface area contributed by atoms with Crippen molar-refractivity contribution in [3.05, 3.63) is 53.6 Å². The number of aryl methyl sites for hydroxylation is 1. The van der Waals surface area contributed by atoms with Crippen LogP contribution in [0.15, 0.2) is 30.6 Å². The zero-order valence-corrected chi connectivity index (χ0v) is 10.5. The van der Waals surface area contributed by atoms with Crippen LogP contribution >= 0.6 is 0 Å². The van der Waals surface area contributed by atoms with E-state index in [1.54, 1.807) is 30.9 Å². The van der Waals surface area contributed by atoms with E-state index in [1.807, 2.05) is 0 Å². The van der Waals surface area contributed by atoms with Gasteiger partial charge in [-0.25, -0.2) is 13.8 Å².